The lowest BCUT2D eigenvalue weighted by molar-refractivity contribution is -0.168. The van der Waals surface area contributed by atoms with Gasteiger partial charge >= 0.3 is 0 Å². The molecule has 2 unspecified atom stereocenters. The lowest BCUT2D eigenvalue weighted by Gasteiger charge is -2.27. The van der Waals surface area contributed by atoms with Crippen LogP contribution >= 0.6 is 0 Å². The fourth-order valence-electron chi connectivity index (χ4n) is 2.68. The fraction of sp³-hybridized carbons (Fsp3) is 0.722. The molecule has 21 heavy (non-hydrogen) atoms. The molecular formula is C18H27NO2. The molecule has 0 aromatic carbocycles. The van der Waals surface area contributed by atoms with E-state index in [-0.39, 0.29) is 0 Å². The number of ether oxygens (including phenoxy) is 2. The first kappa shape index (κ1) is 17.8. The predicted molar refractivity (Wildman–Crippen MR) is 84.3 cm³/mol. The Balaban J connectivity index is 2.77. The van der Waals surface area contributed by atoms with E-state index in [9.17, 15) is 5.26 Å². The molecule has 1 rings (SSSR count). The lowest BCUT2D eigenvalue weighted by Crippen LogP contribution is -2.34. The number of nitrogens with zero attached hydrogens (tertiary/aromatic N) is 1. The first-order valence-corrected chi connectivity index (χ1v) is 7.95. The zero-order valence-electron chi connectivity index (χ0n) is 13.5. The molecule has 0 aliphatic heterocycles. The van der Waals surface area contributed by atoms with Crippen molar-refractivity contribution < 1.29 is 9.47 Å². The van der Waals surface area contributed by atoms with Gasteiger partial charge in [0.05, 0.1) is 0 Å². The molecule has 0 bridgehead atoms. The van der Waals surface area contributed by atoms with Crippen LogP contribution in [-0.4, -0.2) is 18.5 Å². The van der Waals surface area contributed by atoms with Crippen molar-refractivity contribution in [3.05, 3.63) is 12.2 Å². The van der Waals surface area contributed by atoms with E-state index in [1.54, 1.807) is 0 Å². The molecule has 1 aliphatic carbocycles. The SMILES string of the molecule is CC#CCCC(C#N)(/C=C/C1CCCC1)OC(C)OCC. The van der Waals surface area contributed by atoms with Gasteiger partial charge in [0.1, 0.15) is 6.07 Å². The minimum atomic E-state index is -0.930. The topological polar surface area (TPSA) is 42.2 Å². The minimum absolute atomic E-state index is 0.391. The molecule has 0 aromatic rings. The molecule has 1 saturated carbocycles. The maximum atomic E-state index is 9.64. The zero-order chi connectivity index (χ0) is 15.6. The van der Waals surface area contributed by atoms with Crippen LogP contribution in [0.4, 0.5) is 0 Å². The number of hydrogen-bond donors (Lipinski definition) is 0. The second-order valence-corrected chi connectivity index (χ2v) is 5.47. The van der Waals surface area contributed by atoms with E-state index in [1.807, 2.05) is 26.8 Å². The van der Waals surface area contributed by atoms with Crippen LogP contribution in [0, 0.1) is 29.1 Å². The molecule has 116 valence electrons. The van der Waals surface area contributed by atoms with E-state index in [4.69, 9.17) is 9.47 Å². The Morgan fingerprint density at radius 1 is 1.38 bits per heavy atom. The standard InChI is InChI=1S/C18H27NO2/c1-4-6-9-13-18(15-19,21-16(3)20-5-2)14-12-17-10-7-8-11-17/h12,14,16-17H,5,7-11,13H2,1-3H3/b14-12+. The van der Waals surface area contributed by atoms with Gasteiger partial charge in [-0.25, -0.2) is 0 Å². The summed E-state index contributed by atoms with van der Waals surface area (Å²) in [6, 6.07) is 2.33. The lowest BCUT2D eigenvalue weighted by atomic mass is 9.95. The van der Waals surface area contributed by atoms with Crippen molar-refractivity contribution in [3.63, 3.8) is 0 Å². The van der Waals surface area contributed by atoms with Gasteiger partial charge in [-0.3, -0.25) is 0 Å². The summed E-state index contributed by atoms with van der Waals surface area (Å²) in [5.74, 6) is 6.47. The Morgan fingerprint density at radius 3 is 2.67 bits per heavy atom. The van der Waals surface area contributed by atoms with Crippen molar-refractivity contribution in [2.24, 2.45) is 5.92 Å². The van der Waals surface area contributed by atoms with Crippen LogP contribution in [0.15, 0.2) is 12.2 Å². The molecule has 0 radical (unpaired) electrons. The molecule has 0 spiro atoms. The molecule has 0 N–H and O–H groups in total. The summed E-state index contributed by atoms with van der Waals surface area (Å²) in [6.45, 7) is 6.14. The van der Waals surface area contributed by atoms with Crippen molar-refractivity contribution in [1.29, 1.82) is 5.26 Å². The van der Waals surface area contributed by atoms with Crippen LogP contribution in [0.25, 0.3) is 0 Å². The third kappa shape index (κ3) is 6.34. The summed E-state index contributed by atoms with van der Waals surface area (Å²) in [7, 11) is 0. The number of nitriles is 1. The second kappa shape index (κ2) is 9.61. The maximum absolute atomic E-state index is 9.64. The molecule has 3 heteroatoms. The highest BCUT2D eigenvalue weighted by atomic mass is 16.7. The molecule has 0 amide bonds. The maximum Gasteiger partial charge on any atom is 0.176 e. The van der Waals surface area contributed by atoms with Gasteiger partial charge in [-0.15, -0.1) is 11.8 Å². The molecule has 1 fully saturated rings. The first-order valence-electron chi connectivity index (χ1n) is 7.95. The summed E-state index contributed by atoms with van der Waals surface area (Å²) in [4.78, 5) is 0. The van der Waals surface area contributed by atoms with E-state index in [1.165, 1.54) is 25.7 Å². The Kier molecular flexibility index (Phi) is 8.13. The molecule has 0 aromatic heterocycles. The zero-order valence-corrected chi connectivity index (χ0v) is 13.5. The number of rotatable bonds is 8. The Hall–Kier alpha value is -1.29. The first-order chi connectivity index (χ1) is 10.2. The van der Waals surface area contributed by atoms with Crippen molar-refractivity contribution in [2.45, 2.75) is 71.2 Å². The van der Waals surface area contributed by atoms with Gasteiger partial charge in [0.2, 0.25) is 0 Å². The van der Waals surface area contributed by atoms with Gasteiger partial charge in [-0.1, -0.05) is 18.9 Å². The van der Waals surface area contributed by atoms with Crippen molar-refractivity contribution in [3.8, 4) is 17.9 Å². The van der Waals surface area contributed by atoms with Crippen LogP contribution in [0.1, 0.15) is 59.3 Å². The average Bonchev–Trinajstić information content (AvgIpc) is 2.98. The summed E-state index contributed by atoms with van der Waals surface area (Å²) in [6.07, 6.45) is 9.93. The summed E-state index contributed by atoms with van der Waals surface area (Å²) >= 11 is 0. The molecule has 0 saturated heterocycles. The van der Waals surface area contributed by atoms with Crippen molar-refractivity contribution >= 4 is 0 Å². The summed E-state index contributed by atoms with van der Waals surface area (Å²) < 4.78 is 11.3. The van der Waals surface area contributed by atoms with Crippen molar-refractivity contribution in [2.75, 3.05) is 6.61 Å². The van der Waals surface area contributed by atoms with Gasteiger partial charge in [0, 0.05) is 19.4 Å². The normalized spacial score (nSPS) is 19.7. The third-order valence-electron chi connectivity index (χ3n) is 3.80. The van der Waals surface area contributed by atoms with Crippen LogP contribution < -0.4 is 0 Å². The highest BCUT2D eigenvalue weighted by Gasteiger charge is 2.30. The largest absolute Gasteiger partial charge is 0.353 e. The van der Waals surface area contributed by atoms with Crippen LogP contribution in [0.3, 0.4) is 0 Å². The van der Waals surface area contributed by atoms with Gasteiger partial charge in [0.15, 0.2) is 11.9 Å². The quantitative estimate of drug-likeness (QED) is 0.382. The molecule has 1 aliphatic rings. The molecule has 3 nitrogen and oxygen atoms in total. The molecule has 0 heterocycles. The van der Waals surface area contributed by atoms with Gasteiger partial charge in [-0.2, -0.15) is 5.26 Å². The third-order valence-corrected chi connectivity index (χ3v) is 3.80. The highest BCUT2D eigenvalue weighted by Crippen LogP contribution is 2.29. The Morgan fingerprint density at radius 2 is 2.10 bits per heavy atom. The number of hydrogen-bond acceptors (Lipinski definition) is 3. The van der Waals surface area contributed by atoms with Gasteiger partial charge in [-0.05, 0) is 45.6 Å². The van der Waals surface area contributed by atoms with Crippen LogP contribution in [-0.2, 0) is 9.47 Å². The number of allylic oxidation sites excluding steroid dienone is 1. The van der Waals surface area contributed by atoms with E-state index >= 15 is 0 Å². The minimum Gasteiger partial charge on any atom is -0.353 e. The molecule has 2 atom stereocenters. The second-order valence-electron chi connectivity index (χ2n) is 5.47. The van der Waals surface area contributed by atoms with E-state index in [0.29, 0.717) is 25.4 Å². The van der Waals surface area contributed by atoms with Gasteiger partial charge in [0.25, 0.3) is 0 Å². The molecular weight excluding hydrogens is 262 g/mol. The van der Waals surface area contributed by atoms with E-state index in [2.05, 4.69) is 24.0 Å². The predicted octanol–water partition coefficient (Wildman–Crippen LogP) is 4.20. The average molecular weight is 289 g/mol. The smallest absolute Gasteiger partial charge is 0.176 e. The van der Waals surface area contributed by atoms with E-state index in [0.717, 1.165) is 0 Å². The monoisotopic (exact) mass is 289 g/mol. The van der Waals surface area contributed by atoms with Crippen LogP contribution in [0.2, 0.25) is 0 Å². The Bertz CT molecular complexity index is 421. The van der Waals surface area contributed by atoms with Gasteiger partial charge < -0.3 is 9.47 Å². The Labute approximate surface area is 129 Å². The fourth-order valence-corrected chi connectivity index (χ4v) is 2.68. The van der Waals surface area contributed by atoms with E-state index < -0.39 is 11.9 Å². The van der Waals surface area contributed by atoms with Crippen LogP contribution in [0.5, 0.6) is 0 Å². The highest BCUT2D eigenvalue weighted by molar-refractivity contribution is 5.18. The summed E-state index contributed by atoms with van der Waals surface area (Å²) in [5, 5.41) is 9.64. The summed E-state index contributed by atoms with van der Waals surface area (Å²) in [5.41, 5.74) is -0.930. The van der Waals surface area contributed by atoms with Crippen molar-refractivity contribution in [1.82, 2.24) is 0 Å².